The number of hydrogen-bond acceptors (Lipinski definition) is 5. The number of rotatable bonds is 5. The van der Waals surface area contributed by atoms with E-state index in [2.05, 4.69) is 0 Å². The van der Waals surface area contributed by atoms with E-state index in [1.54, 1.807) is 7.11 Å². The fourth-order valence-electron chi connectivity index (χ4n) is 3.04. The van der Waals surface area contributed by atoms with Crippen molar-refractivity contribution < 1.29 is 24.5 Å². The molecule has 0 unspecified atom stereocenters. The third-order valence-corrected chi connectivity index (χ3v) is 3.94. The summed E-state index contributed by atoms with van der Waals surface area (Å²) in [6.07, 6.45) is -0.933. The summed E-state index contributed by atoms with van der Waals surface area (Å²) in [5, 5.41) is 19.8. The molecule has 0 saturated carbocycles. The molecule has 1 aromatic carbocycles. The van der Waals surface area contributed by atoms with Crippen LogP contribution < -0.4 is 4.74 Å². The van der Waals surface area contributed by atoms with Crippen LogP contribution in [-0.4, -0.2) is 36.0 Å². The predicted molar refractivity (Wildman–Crippen MR) is 77.1 cm³/mol. The molecule has 0 aliphatic carbocycles. The largest absolute Gasteiger partial charge is 0.496 e. The Kier molecular flexibility index (Phi) is 4.85. The molecule has 0 spiro atoms. The average molecular weight is 294 g/mol. The van der Waals surface area contributed by atoms with Crippen LogP contribution in [0.2, 0.25) is 0 Å². The Bertz CT molecular complexity index is 526. The highest BCUT2D eigenvalue weighted by Gasteiger charge is 2.40. The molecule has 21 heavy (non-hydrogen) atoms. The van der Waals surface area contributed by atoms with Gasteiger partial charge in [0.25, 0.3) is 0 Å². The van der Waals surface area contributed by atoms with Crippen LogP contribution in [0.5, 0.6) is 5.75 Å². The van der Waals surface area contributed by atoms with Gasteiger partial charge < -0.3 is 19.7 Å². The maximum absolute atomic E-state index is 11.5. The molecule has 5 nitrogen and oxygen atoms in total. The first-order chi connectivity index (χ1) is 9.97. The van der Waals surface area contributed by atoms with Gasteiger partial charge in [0.15, 0.2) is 0 Å². The molecule has 1 aliphatic rings. The molecule has 0 radical (unpaired) electrons. The summed E-state index contributed by atoms with van der Waals surface area (Å²) in [5.41, 5.74) is 2.55. The van der Waals surface area contributed by atoms with Crippen LogP contribution in [0.4, 0.5) is 0 Å². The van der Waals surface area contributed by atoms with Crippen molar-refractivity contribution >= 4 is 5.97 Å². The summed E-state index contributed by atoms with van der Waals surface area (Å²) in [6, 6.07) is 3.82. The van der Waals surface area contributed by atoms with Gasteiger partial charge >= 0.3 is 5.97 Å². The number of aryl methyl sites for hydroxylation is 2. The first-order valence-corrected chi connectivity index (χ1v) is 7.11. The lowest BCUT2D eigenvalue weighted by Gasteiger charge is -2.25. The average Bonchev–Trinajstić information content (AvgIpc) is 2.78. The zero-order chi connectivity index (χ0) is 15.6. The van der Waals surface area contributed by atoms with Gasteiger partial charge in [-0.1, -0.05) is 11.6 Å². The Morgan fingerprint density at radius 2 is 2.14 bits per heavy atom. The smallest absolute Gasteiger partial charge is 0.306 e. The number of benzene rings is 1. The molecule has 3 atom stereocenters. The number of methoxy groups -OCH3 is 1. The van der Waals surface area contributed by atoms with E-state index in [4.69, 9.17) is 14.6 Å². The van der Waals surface area contributed by atoms with Crippen LogP contribution in [0.1, 0.15) is 35.6 Å². The van der Waals surface area contributed by atoms with E-state index in [0.717, 1.165) is 11.1 Å². The Labute approximate surface area is 124 Å². The normalized spacial score (nSPS) is 23.0. The van der Waals surface area contributed by atoms with Gasteiger partial charge in [-0.25, -0.2) is 0 Å². The van der Waals surface area contributed by atoms with Gasteiger partial charge in [-0.15, -0.1) is 0 Å². The van der Waals surface area contributed by atoms with E-state index < -0.39 is 12.2 Å². The van der Waals surface area contributed by atoms with Crippen molar-refractivity contribution in [2.24, 2.45) is 5.92 Å². The molecule has 0 bridgehead atoms. The molecule has 1 heterocycles. The van der Waals surface area contributed by atoms with Crippen molar-refractivity contribution in [1.29, 1.82) is 0 Å². The predicted octanol–water partition coefficient (Wildman–Crippen LogP) is 1.66. The highest BCUT2D eigenvalue weighted by molar-refractivity contribution is 5.72. The second kappa shape index (κ2) is 6.45. The number of carbonyl (C=O) groups is 1. The van der Waals surface area contributed by atoms with Crippen LogP contribution in [0.3, 0.4) is 0 Å². The molecule has 2 N–H and O–H groups in total. The van der Waals surface area contributed by atoms with Crippen LogP contribution in [0, 0.1) is 19.8 Å². The Morgan fingerprint density at radius 3 is 2.76 bits per heavy atom. The monoisotopic (exact) mass is 294 g/mol. The zero-order valence-corrected chi connectivity index (χ0v) is 12.6. The first-order valence-electron chi connectivity index (χ1n) is 7.11. The Morgan fingerprint density at radius 1 is 1.43 bits per heavy atom. The quantitative estimate of drug-likeness (QED) is 0.808. The number of esters is 1. The van der Waals surface area contributed by atoms with Gasteiger partial charge in [0.1, 0.15) is 18.0 Å². The lowest BCUT2D eigenvalue weighted by atomic mass is 9.89. The lowest BCUT2D eigenvalue weighted by molar-refractivity contribution is -0.146. The van der Waals surface area contributed by atoms with Crippen molar-refractivity contribution in [2.75, 3.05) is 13.7 Å². The Balaban J connectivity index is 2.34. The van der Waals surface area contributed by atoms with E-state index in [1.165, 1.54) is 0 Å². The fraction of sp³-hybridized carbons (Fsp3) is 0.562. The fourth-order valence-corrected chi connectivity index (χ4v) is 3.04. The highest BCUT2D eigenvalue weighted by atomic mass is 16.6. The summed E-state index contributed by atoms with van der Waals surface area (Å²) in [6.45, 7) is 3.82. The zero-order valence-electron chi connectivity index (χ0n) is 12.6. The van der Waals surface area contributed by atoms with Crippen LogP contribution in [-0.2, 0) is 9.53 Å². The van der Waals surface area contributed by atoms with E-state index in [0.29, 0.717) is 17.7 Å². The number of aliphatic hydroxyl groups excluding tert-OH is 2. The number of aliphatic hydroxyl groups is 2. The minimum atomic E-state index is -0.957. The molecule has 1 saturated heterocycles. The lowest BCUT2D eigenvalue weighted by Crippen LogP contribution is -2.26. The van der Waals surface area contributed by atoms with Crippen LogP contribution >= 0.6 is 0 Å². The third kappa shape index (κ3) is 3.19. The topological polar surface area (TPSA) is 76.0 Å². The molecule has 1 aromatic rings. The summed E-state index contributed by atoms with van der Waals surface area (Å²) < 4.78 is 10.7. The van der Waals surface area contributed by atoms with Crippen LogP contribution in [0.15, 0.2) is 12.1 Å². The highest BCUT2D eigenvalue weighted by Crippen LogP contribution is 2.39. The van der Waals surface area contributed by atoms with Gasteiger partial charge in [-0.3, -0.25) is 4.79 Å². The van der Waals surface area contributed by atoms with Gasteiger partial charge in [0, 0.05) is 18.1 Å². The summed E-state index contributed by atoms with van der Waals surface area (Å²) in [5.74, 6) is 0.0997. The second-order valence-corrected chi connectivity index (χ2v) is 5.58. The Hall–Kier alpha value is -1.59. The number of carbonyl (C=O) groups excluding carboxylic acids is 1. The molecular formula is C16H22O5. The van der Waals surface area contributed by atoms with Crippen LogP contribution in [0.25, 0.3) is 0 Å². The number of ether oxygens (including phenoxy) is 2. The molecule has 2 rings (SSSR count). The molecule has 116 valence electrons. The molecular weight excluding hydrogens is 272 g/mol. The van der Waals surface area contributed by atoms with Gasteiger partial charge in [0.05, 0.1) is 13.5 Å². The summed E-state index contributed by atoms with van der Waals surface area (Å²) >= 11 is 0. The van der Waals surface area contributed by atoms with Crippen molar-refractivity contribution in [1.82, 2.24) is 0 Å². The minimum absolute atomic E-state index is 0.0332. The molecule has 1 aliphatic heterocycles. The van der Waals surface area contributed by atoms with Crippen molar-refractivity contribution in [2.45, 2.75) is 38.9 Å². The van der Waals surface area contributed by atoms with E-state index in [9.17, 15) is 9.90 Å². The van der Waals surface area contributed by atoms with E-state index in [1.807, 2.05) is 26.0 Å². The number of hydrogen-bond donors (Lipinski definition) is 2. The van der Waals surface area contributed by atoms with Crippen molar-refractivity contribution in [3.8, 4) is 5.75 Å². The first kappa shape index (κ1) is 15.8. The van der Waals surface area contributed by atoms with Gasteiger partial charge in [-0.2, -0.15) is 0 Å². The maximum Gasteiger partial charge on any atom is 0.306 e. The van der Waals surface area contributed by atoms with Gasteiger partial charge in [-0.05, 0) is 31.9 Å². The van der Waals surface area contributed by atoms with Gasteiger partial charge in [0.2, 0.25) is 0 Å². The van der Waals surface area contributed by atoms with Crippen molar-refractivity contribution in [3.63, 3.8) is 0 Å². The van der Waals surface area contributed by atoms with Crippen molar-refractivity contribution in [3.05, 3.63) is 28.8 Å². The summed E-state index contributed by atoms with van der Waals surface area (Å²) in [7, 11) is 1.56. The SMILES string of the molecule is COc1c(C)cc(C)cc1[C@@H](O)[C@@H]1OC(=O)C[C@@H]1CCO. The van der Waals surface area contributed by atoms with E-state index >= 15 is 0 Å². The second-order valence-electron chi connectivity index (χ2n) is 5.58. The molecule has 1 fully saturated rings. The standard InChI is InChI=1S/C16H22O5/c1-9-6-10(2)15(20-3)12(7-9)14(19)16-11(4-5-17)8-13(18)21-16/h6-7,11,14,16-17,19H,4-5,8H2,1-3H3/t11-,14+,16+/m0/s1. The number of cyclic esters (lactones) is 1. The maximum atomic E-state index is 11.5. The molecule has 5 heteroatoms. The minimum Gasteiger partial charge on any atom is -0.496 e. The van der Waals surface area contributed by atoms with E-state index in [-0.39, 0.29) is 24.9 Å². The molecule has 0 aromatic heterocycles. The summed E-state index contributed by atoms with van der Waals surface area (Å²) in [4.78, 5) is 11.5. The third-order valence-electron chi connectivity index (χ3n) is 3.94. The molecule has 0 amide bonds.